The minimum Gasteiger partial charge on any atom is -0.496 e. The predicted octanol–water partition coefficient (Wildman–Crippen LogP) is 2.85. The van der Waals surface area contributed by atoms with E-state index in [2.05, 4.69) is 15.5 Å². The molecule has 140 valence electrons. The highest BCUT2D eigenvalue weighted by molar-refractivity contribution is 5.79. The number of anilines is 1. The number of rotatable bonds is 6. The van der Waals surface area contributed by atoms with Gasteiger partial charge in [-0.05, 0) is 18.9 Å². The molecule has 1 aromatic carbocycles. The van der Waals surface area contributed by atoms with Crippen LogP contribution in [0, 0.1) is 0 Å². The molecular weight excluding hydrogens is 332 g/mol. The van der Waals surface area contributed by atoms with E-state index in [9.17, 15) is 4.79 Å². The molecule has 26 heavy (non-hydrogen) atoms. The fourth-order valence-electron chi connectivity index (χ4n) is 3.10. The van der Waals surface area contributed by atoms with Gasteiger partial charge in [0.05, 0.1) is 13.5 Å². The Kier molecular flexibility index (Phi) is 5.75. The summed E-state index contributed by atoms with van der Waals surface area (Å²) >= 11 is 0. The van der Waals surface area contributed by atoms with Crippen LogP contribution in [-0.2, 0) is 11.2 Å². The molecule has 1 N–H and O–H groups in total. The first-order valence-corrected chi connectivity index (χ1v) is 9.06. The van der Waals surface area contributed by atoms with Crippen molar-refractivity contribution in [3.8, 4) is 5.75 Å². The molecule has 7 nitrogen and oxygen atoms in total. The van der Waals surface area contributed by atoms with Crippen LogP contribution in [0.1, 0.15) is 44.0 Å². The van der Waals surface area contributed by atoms with E-state index in [0.29, 0.717) is 18.3 Å². The van der Waals surface area contributed by atoms with Gasteiger partial charge in [0.2, 0.25) is 5.91 Å². The van der Waals surface area contributed by atoms with Gasteiger partial charge < -0.3 is 19.5 Å². The largest absolute Gasteiger partial charge is 0.496 e. The zero-order valence-corrected chi connectivity index (χ0v) is 15.6. The van der Waals surface area contributed by atoms with Gasteiger partial charge in [0, 0.05) is 30.6 Å². The molecule has 1 aliphatic rings. The number of ether oxygens (including phenoxy) is 1. The SMILES string of the molecule is COc1ccccc1CC(=O)N1CCC(Nc2nc(C(C)C)no2)CC1. The number of nitrogens with zero attached hydrogens (tertiary/aromatic N) is 3. The van der Waals surface area contributed by atoms with Crippen LogP contribution >= 0.6 is 0 Å². The Morgan fingerprint density at radius 1 is 1.35 bits per heavy atom. The van der Waals surface area contributed by atoms with Gasteiger partial charge in [0.15, 0.2) is 5.82 Å². The minimum absolute atomic E-state index is 0.132. The molecule has 7 heteroatoms. The van der Waals surface area contributed by atoms with Gasteiger partial charge >= 0.3 is 6.01 Å². The van der Waals surface area contributed by atoms with Crippen molar-refractivity contribution in [2.45, 2.75) is 45.1 Å². The van der Waals surface area contributed by atoms with E-state index in [0.717, 1.165) is 37.2 Å². The zero-order chi connectivity index (χ0) is 18.5. The molecule has 2 aromatic rings. The number of piperidine rings is 1. The van der Waals surface area contributed by atoms with E-state index < -0.39 is 0 Å². The van der Waals surface area contributed by atoms with Crippen molar-refractivity contribution in [1.29, 1.82) is 0 Å². The molecule has 0 unspecified atom stereocenters. The quantitative estimate of drug-likeness (QED) is 0.855. The molecule has 1 fully saturated rings. The third-order valence-electron chi connectivity index (χ3n) is 4.67. The van der Waals surface area contributed by atoms with Gasteiger partial charge in [0.25, 0.3) is 0 Å². The molecule has 0 bridgehead atoms. The number of hydrogen-bond acceptors (Lipinski definition) is 6. The molecule has 1 aliphatic heterocycles. The number of likely N-dealkylation sites (tertiary alicyclic amines) is 1. The van der Waals surface area contributed by atoms with E-state index in [1.165, 1.54) is 0 Å². The van der Waals surface area contributed by atoms with Gasteiger partial charge in [-0.2, -0.15) is 4.98 Å². The number of benzene rings is 1. The highest BCUT2D eigenvalue weighted by Crippen LogP contribution is 2.21. The second kappa shape index (κ2) is 8.21. The lowest BCUT2D eigenvalue weighted by atomic mass is 10.0. The normalized spacial score (nSPS) is 15.3. The van der Waals surface area contributed by atoms with Crippen molar-refractivity contribution in [3.05, 3.63) is 35.7 Å². The van der Waals surface area contributed by atoms with Crippen molar-refractivity contribution in [2.24, 2.45) is 0 Å². The fraction of sp³-hybridized carbons (Fsp3) is 0.526. The number of aromatic nitrogens is 2. The van der Waals surface area contributed by atoms with Crippen LogP contribution in [-0.4, -0.2) is 47.2 Å². The van der Waals surface area contributed by atoms with E-state index in [-0.39, 0.29) is 17.9 Å². The average molecular weight is 358 g/mol. The van der Waals surface area contributed by atoms with Crippen molar-refractivity contribution in [1.82, 2.24) is 15.0 Å². The Morgan fingerprint density at radius 3 is 2.73 bits per heavy atom. The molecular formula is C19H26N4O3. The topological polar surface area (TPSA) is 80.5 Å². The lowest BCUT2D eigenvalue weighted by molar-refractivity contribution is -0.131. The van der Waals surface area contributed by atoms with Crippen molar-refractivity contribution >= 4 is 11.9 Å². The molecule has 3 rings (SSSR count). The second-order valence-corrected chi connectivity index (χ2v) is 6.90. The van der Waals surface area contributed by atoms with Crippen molar-refractivity contribution < 1.29 is 14.1 Å². The van der Waals surface area contributed by atoms with Crippen molar-refractivity contribution in [3.63, 3.8) is 0 Å². The number of carbonyl (C=O) groups excluding carboxylic acids is 1. The number of para-hydroxylation sites is 1. The molecule has 1 amide bonds. The molecule has 1 aromatic heterocycles. The first-order valence-electron chi connectivity index (χ1n) is 9.06. The number of carbonyl (C=O) groups is 1. The number of nitrogens with one attached hydrogen (secondary N) is 1. The average Bonchev–Trinajstić information content (AvgIpc) is 3.11. The molecule has 1 saturated heterocycles. The van der Waals surface area contributed by atoms with Gasteiger partial charge in [0.1, 0.15) is 5.75 Å². The highest BCUT2D eigenvalue weighted by atomic mass is 16.5. The van der Waals surface area contributed by atoms with E-state index in [1.807, 2.05) is 43.0 Å². The second-order valence-electron chi connectivity index (χ2n) is 6.90. The minimum atomic E-state index is 0.132. The van der Waals surface area contributed by atoms with Gasteiger partial charge in [-0.3, -0.25) is 4.79 Å². The molecule has 0 aliphatic carbocycles. The van der Waals surface area contributed by atoms with Crippen LogP contribution < -0.4 is 10.1 Å². The maximum atomic E-state index is 12.6. The molecule has 0 radical (unpaired) electrons. The zero-order valence-electron chi connectivity index (χ0n) is 15.6. The monoisotopic (exact) mass is 358 g/mol. The van der Waals surface area contributed by atoms with Crippen LogP contribution in [0.5, 0.6) is 5.75 Å². The third kappa shape index (κ3) is 4.33. The lowest BCUT2D eigenvalue weighted by Gasteiger charge is -2.32. The van der Waals surface area contributed by atoms with E-state index >= 15 is 0 Å². The van der Waals surface area contributed by atoms with Crippen LogP contribution in [0.4, 0.5) is 6.01 Å². The summed E-state index contributed by atoms with van der Waals surface area (Å²) in [6, 6.07) is 8.36. The summed E-state index contributed by atoms with van der Waals surface area (Å²) in [7, 11) is 1.63. The smallest absolute Gasteiger partial charge is 0.321 e. The maximum absolute atomic E-state index is 12.6. The van der Waals surface area contributed by atoms with E-state index in [1.54, 1.807) is 7.11 Å². The fourth-order valence-corrected chi connectivity index (χ4v) is 3.10. The number of methoxy groups -OCH3 is 1. The summed E-state index contributed by atoms with van der Waals surface area (Å²) in [4.78, 5) is 18.9. The maximum Gasteiger partial charge on any atom is 0.321 e. The van der Waals surface area contributed by atoms with E-state index in [4.69, 9.17) is 9.26 Å². The van der Waals surface area contributed by atoms with Crippen molar-refractivity contribution in [2.75, 3.05) is 25.5 Å². The number of hydrogen-bond donors (Lipinski definition) is 1. The summed E-state index contributed by atoms with van der Waals surface area (Å²) in [5.41, 5.74) is 0.923. The first kappa shape index (κ1) is 18.2. The Bertz CT molecular complexity index is 736. The summed E-state index contributed by atoms with van der Waals surface area (Å²) in [6.45, 7) is 5.49. The molecule has 0 saturated carbocycles. The Balaban J connectivity index is 1.50. The lowest BCUT2D eigenvalue weighted by Crippen LogP contribution is -2.43. The first-order chi connectivity index (χ1) is 12.6. The Morgan fingerprint density at radius 2 is 2.08 bits per heavy atom. The summed E-state index contributed by atoms with van der Waals surface area (Å²) in [5.74, 6) is 1.84. The summed E-state index contributed by atoms with van der Waals surface area (Å²) in [6.07, 6.45) is 2.08. The van der Waals surface area contributed by atoms with Crippen LogP contribution in [0.15, 0.2) is 28.8 Å². The highest BCUT2D eigenvalue weighted by Gasteiger charge is 2.24. The standard InChI is InChI=1S/C19H26N4O3/c1-13(2)18-21-19(26-22-18)20-15-8-10-23(11-9-15)17(24)12-14-6-4-5-7-16(14)25-3/h4-7,13,15H,8-12H2,1-3H3,(H,20,21,22). The van der Waals surface area contributed by atoms with Crippen LogP contribution in [0.25, 0.3) is 0 Å². The summed E-state index contributed by atoms with van der Waals surface area (Å²) in [5, 5.41) is 7.25. The molecule has 0 atom stereocenters. The molecule has 2 heterocycles. The van der Waals surface area contributed by atoms with Gasteiger partial charge in [-0.1, -0.05) is 37.2 Å². The van der Waals surface area contributed by atoms with Gasteiger partial charge in [-0.25, -0.2) is 0 Å². The van der Waals surface area contributed by atoms with Gasteiger partial charge in [-0.15, -0.1) is 0 Å². The molecule has 0 spiro atoms. The van der Waals surface area contributed by atoms with Crippen LogP contribution in [0.3, 0.4) is 0 Å². The third-order valence-corrected chi connectivity index (χ3v) is 4.67. The Hall–Kier alpha value is -2.57. The predicted molar refractivity (Wildman–Crippen MR) is 98.3 cm³/mol. The van der Waals surface area contributed by atoms with Crippen LogP contribution in [0.2, 0.25) is 0 Å². The number of amides is 1. The summed E-state index contributed by atoms with van der Waals surface area (Å²) < 4.78 is 10.6. The Labute approximate surface area is 153 Å².